The standard InChI is InChI=1S/C26H24N2O5S/c1-6-32-19-10-8-16(12-20(19)31-5)22-21-23(29)17-11-13(2)7-9-18(17)33-24(21)25(30)28(22)26-27-14(3)15(4)34-26/h7-12,22H,6H2,1-5H3. The number of thiazole rings is 1. The number of anilines is 1. The van der Waals surface area contributed by atoms with E-state index in [9.17, 15) is 9.59 Å². The Bertz CT molecular complexity index is 1480. The second-order valence-electron chi connectivity index (χ2n) is 8.23. The highest BCUT2D eigenvalue weighted by Crippen LogP contribution is 2.44. The van der Waals surface area contributed by atoms with Gasteiger partial charge in [0.2, 0.25) is 5.76 Å². The van der Waals surface area contributed by atoms with Crippen LogP contribution in [0.25, 0.3) is 11.0 Å². The van der Waals surface area contributed by atoms with E-state index in [1.807, 2.05) is 39.8 Å². The van der Waals surface area contributed by atoms with Crippen molar-refractivity contribution in [2.45, 2.75) is 33.7 Å². The first kappa shape index (κ1) is 22.2. The van der Waals surface area contributed by atoms with Crippen LogP contribution in [0.4, 0.5) is 5.13 Å². The first-order valence-corrected chi connectivity index (χ1v) is 11.8. The van der Waals surface area contributed by atoms with Gasteiger partial charge in [0.05, 0.1) is 36.4 Å². The zero-order chi connectivity index (χ0) is 24.1. The van der Waals surface area contributed by atoms with Crippen molar-refractivity contribution < 1.29 is 18.7 Å². The molecule has 1 amide bonds. The van der Waals surface area contributed by atoms with Gasteiger partial charge < -0.3 is 13.9 Å². The minimum atomic E-state index is -0.710. The number of nitrogens with zero attached hydrogens (tertiary/aromatic N) is 2. The first-order chi connectivity index (χ1) is 16.3. The topological polar surface area (TPSA) is 81.9 Å². The molecule has 3 heterocycles. The molecular formula is C26H24N2O5S. The lowest BCUT2D eigenvalue weighted by molar-refractivity contribution is 0.0971. The average Bonchev–Trinajstić information content (AvgIpc) is 3.30. The van der Waals surface area contributed by atoms with Crippen molar-refractivity contribution in [2.75, 3.05) is 18.6 Å². The molecule has 0 N–H and O–H groups in total. The van der Waals surface area contributed by atoms with Gasteiger partial charge in [0.1, 0.15) is 5.58 Å². The zero-order valence-electron chi connectivity index (χ0n) is 19.6. The number of hydrogen-bond acceptors (Lipinski definition) is 7. The van der Waals surface area contributed by atoms with E-state index in [4.69, 9.17) is 13.9 Å². The monoisotopic (exact) mass is 476 g/mol. The summed E-state index contributed by atoms with van der Waals surface area (Å²) < 4.78 is 17.3. The summed E-state index contributed by atoms with van der Waals surface area (Å²) in [6, 6.07) is 10.1. The van der Waals surface area contributed by atoms with Gasteiger partial charge in [0, 0.05) is 4.88 Å². The van der Waals surface area contributed by atoms with Crippen LogP contribution in [0, 0.1) is 20.8 Å². The predicted molar refractivity (Wildman–Crippen MR) is 132 cm³/mol. The van der Waals surface area contributed by atoms with Crippen LogP contribution in [-0.2, 0) is 0 Å². The zero-order valence-corrected chi connectivity index (χ0v) is 20.4. The molecule has 0 saturated carbocycles. The maximum Gasteiger partial charge on any atom is 0.297 e. The number of ether oxygens (including phenoxy) is 2. The Balaban J connectivity index is 1.79. The van der Waals surface area contributed by atoms with Crippen LogP contribution in [0.1, 0.15) is 50.8 Å². The van der Waals surface area contributed by atoms with Crippen molar-refractivity contribution in [1.82, 2.24) is 4.98 Å². The molecular weight excluding hydrogens is 452 g/mol. The number of benzene rings is 2. The van der Waals surface area contributed by atoms with E-state index in [-0.39, 0.29) is 17.1 Å². The number of amides is 1. The molecule has 174 valence electrons. The van der Waals surface area contributed by atoms with Crippen molar-refractivity contribution in [3.8, 4) is 11.5 Å². The number of rotatable bonds is 5. The largest absolute Gasteiger partial charge is 0.493 e. The van der Waals surface area contributed by atoms with E-state index in [2.05, 4.69) is 4.98 Å². The summed E-state index contributed by atoms with van der Waals surface area (Å²) in [6.07, 6.45) is 0. The van der Waals surface area contributed by atoms with E-state index in [0.29, 0.717) is 45.3 Å². The molecule has 2 aromatic carbocycles. The minimum absolute atomic E-state index is 0.0460. The fraction of sp³-hybridized carbons (Fsp3) is 0.269. The Labute approximate surface area is 200 Å². The van der Waals surface area contributed by atoms with Crippen LogP contribution >= 0.6 is 11.3 Å². The van der Waals surface area contributed by atoms with Crippen molar-refractivity contribution in [3.63, 3.8) is 0 Å². The highest BCUT2D eigenvalue weighted by atomic mass is 32.1. The summed E-state index contributed by atoms with van der Waals surface area (Å²) in [6.45, 7) is 8.16. The third-order valence-corrected chi connectivity index (χ3v) is 7.12. The lowest BCUT2D eigenvalue weighted by atomic mass is 9.98. The molecule has 4 aromatic rings. The first-order valence-electron chi connectivity index (χ1n) is 11.0. The maximum atomic E-state index is 13.8. The van der Waals surface area contributed by atoms with Crippen LogP contribution in [0.5, 0.6) is 11.5 Å². The molecule has 8 heteroatoms. The number of fused-ring (bicyclic) bond motifs is 2. The third kappa shape index (κ3) is 3.37. The Hall–Kier alpha value is -3.65. The number of hydrogen-bond donors (Lipinski definition) is 0. The van der Waals surface area contributed by atoms with Gasteiger partial charge >= 0.3 is 0 Å². The molecule has 5 rings (SSSR count). The Morgan fingerprint density at radius 1 is 1.09 bits per heavy atom. The number of aryl methyl sites for hydroxylation is 3. The summed E-state index contributed by atoms with van der Waals surface area (Å²) in [5.74, 6) is 0.769. The number of carbonyl (C=O) groups is 1. The van der Waals surface area contributed by atoms with E-state index in [1.54, 1.807) is 36.3 Å². The lowest BCUT2D eigenvalue weighted by Gasteiger charge is -2.23. The van der Waals surface area contributed by atoms with E-state index in [1.165, 1.54) is 11.3 Å². The number of carbonyl (C=O) groups excluding carboxylic acids is 1. The van der Waals surface area contributed by atoms with Crippen LogP contribution in [0.2, 0.25) is 0 Å². The van der Waals surface area contributed by atoms with Gasteiger partial charge in [-0.3, -0.25) is 14.5 Å². The average molecular weight is 477 g/mol. The normalized spacial score (nSPS) is 15.1. The molecule has 1 atom stereocenters. The quantitative estimate of drug-likeness (QED) is 0.387. The van der Waals surface area contributed by atoms with Crippen LogP contribution in [-0.4, -0.2) is 24.6 Å². The van der Waals surface area contributed by atoms with E-state index in [0.717, 1.165) is 16.1 Å². The van der Waals surface area contributed by atoms with Gasteiger partial charge in [-0.1, -0.05) is 17.7 Å². The molecule has 0 bridgehead atoms. The molecule has 7 nitrogen and oxygen atoms in total. The summed E-state index contributed by atoms with van der Waals surface area (Å²) >= 11 is 1.41. The molecule has 1 unspecified atom stereocenters. The number of methoxy groups -OCH3 is 1. The highest BCUT2D eigenvalue weighted by Gasteiger charge is 2.45. The van der Waals surface area contributed by atoms with Gasteiger partial charge in [-0.05, 0) is 57.5 Å². The molecule has 0 spiro atoms. The Kier molecular flexibility index (Phi) is 5.40. The Morgan fingerprint density at radius 2 is 1.88 bits per heavy atom. The molecule has 1 aliphatic rings. The molecule has 0 radical (unpaired) electrons. The van der Waals surface area contributed by atoms with Crippen LogP contribution in [0.3, 0.4) is 0 Å². The predicted octanol–water partition coefficient (Wildman–Crippen LogP) is 5.33. The van der Waals surface area contributed by atoms with E-state index >= 15 is 0 Å². The van der Waals surface area contributed by atoms with Gasteiger partial charge in [-0.25, -0.2) is 4.98 Å². The molecule has 0 fully saturated rings. The van der Waals surface area contributed by atoms with Gasteiger partial charge in [-0.15, -0.1) is 11.3 Å². The second kappa shape index (κ2) is 8.29. The van der Waals surface area contributed by atoms with Crippen LogP contribution in [0.15, 0.2) is 45.6 Å². The maximum absolute atomic E-state index is 13.8. The van der Waals surface area contributed by atoms with Crippen LogP contribution < -0.4 is 19.8 Å². The molecule has 0 aliphatic carbocycles. The minimum Gasteiger partial charge on any atom is -0.493 e. The SMILES string of the molecule is CCOc1ccc(C2c3c(oc4ccc(C)cc4c3=O)C(=O)N2c2nc(C)c(C)s2)cc1OC. The van der Waals surface area contributed by atoms with Gasteiger partial charge in [0.15, 0.2) is 22.1 Å². The summed E-state index contributed by atoms with van der Waals surface area (Å²) in [5.41, 5.74) is 2.95. The summed E-state index contributed by atoms with van der Waals surface area (Å²) in [5, 5.41) is 0.965. The van der Waals surface area contributed by atoms with Crippen molar-refractivity contribution in [1.29, 1.82) is 0 Å². The Morgan fingerprint density at radius 3 is 2.56 bits per heavy atom. The molecule has 34 heavy (non-hydrogen) atoms. The van der Waals surface area contributed by atoms with Crippen molar-refractivity contribution in [3.05, 3.63) is 79.6 Å². The molecule has 2 aromatic heterocycles. The second-order valence-corrected chi connectivity index (χ2v) is 9.41. The van der Waals surface area contributed by atoms with Gasteiger partial charge in [0.25, 0.3) is 5.91 Å². The number of aromatic nitrogens is 1. The highest BCUT2D eigenvalue weighted by molar-refractivity contribution is 7.15. The molecule has 1 aliphatic heterocycles. The third-order valence-electron chi connectivity index (χ3n) is 6.05. The van der Waals surface area contributed by atoms with Crippen molar-refractivity contribution in [2.24, 2.45) is 0 Å². The summed E-state index contributed by atoms with van der Waals surface area (Å²) in [4.78, 5) is 34.6. The smallest absolute Gasteiger partial charge is 0.297 e. The fourth-order valence-electron chi connectivity index (χ4n) is 4.29. The van der Waals surface area contributed by atoms with Gasteiger partial charge in [-0.2, -0.15) is 0 Å². The van der Waals surface area contributed by atoms with Crippen molar-refractivity contribution >= 4 is 33.3 Å². The lowest BCUT2D eigenvalue weighted by Crippen LogP contribution is -2.29. The fourth-order valence-corrected chi connectivity index (χ4v) is 5.22. The molecule has 0 saturated heterocycles. The van der Waals surface area contributed by atoms with E-state index < -0.39 is 6.04 Å². The summed E-state index contributed by atoms with van der Waals surface area (Å²) in [7, 11) is 1.56.